The van der Waals surface area contributed by atoms with Crippen molar-refractivity contribution in [3.63, 3.8) is 0 Å². The van der Waals surface area contributed by atoms with Gasteiger partial charge in [-0.2, -0.15) is 0 Å². The van der Waals surface area contributed by atoms with Gasteiger partial charge in [-0.1, -0.05) is 19.1 Å². The summed E-state index contributed by atoms with van der Waals surface area (Å²) in [5, 5.41) is 0. The first-order valence-electron chi connectivity index (χ1n) is 7.90. The summed E-state index contributed by atoms with van der Waals surface area (Å²) < 4.78 is 5.79. The van der Waals surface area contributed by atoms with Crippen molar-refractivity contribution >= 4 is 17.2 Å². The van der Waals surface area contributed by atoms with Gasteiger partial charge >= 0.3 is 0 Å². The Bertz CT molecular complexity index is 460. The third kappa shape index (κ3) is 4.42. The molecule has 2 atom stereocenters. The highest BCUT2D eigenvalue weighted by atomic mass is 32.1. The Morgan fingerprint density at radius 1 is 1.33 bits per heavy atom. The Balaban J connectivity index is 1.73. The number of nitrogens with two attached hydrogens (primary N) is 1. The van der Waals surface area contributed by atoms with E-state index < -0.39 is 0 Å². The Labute approximate surface area is 133 Å². The number of likely N-dealkylation sites (tertiary alicyclic amines) is 1. The van der Waals surface area contributed by atoms with E-state index >= 15 is 0 Å². The molecule has 0 radical (unpaired) electrons. The topological polar surface area (TPSA) is 38.5 Å². The molecule has 1 aromatic carbocycles. The number of benzene rings is 1. The summed E-state index contributed by atoms with van der Waals surface area (Å²) in [6.07, 6.45) is 5.00. The lowest BCUT2D eigenvalue weighted by Crippen LogP contribution is -2.35. The van der Waals surface area contributed by atoms with Crippen LogP contribution in [0.25, 0.3) is 0 Å². The van der Waals surface area contributed by atoms with Gasteiger partial charge in [-0.05, 0) is 56.9 Å². The highest BCUT2D eigenvalue weighted by Crippen LogP contribution is 2.25. The van der Waals surface area contributed by atoms with Gasteiger partial charge in [0.2, 0.25) is 0 Å². The monoisotopic (exact) mass is 306 g/mol. The average molecular weight is 306 g/mol. The first kappa shape index (κ1) is 16.2. The Morgan fingerprint density at radius 3 is 2.67 bits per heavy atom. The minimum Gasteiger partial charge on any atom is -0.494 e. The highest BCUT2D eigenvalue weighted by molar-refractivity contribution is 7.80. The average Bonchev–Trinajstić information content (AvgIpc) is 2.84. The van der Waals surface area contributed by atoms with Gasteiger partial charge in [0.25, 0.3) is 0 Å². The molecule has 3 nitrogen and oxygen atoms in total. The zero-order chi connectivity index (χ0) is 15.2. The van der Waals surface area contributed by atoms with Crippen LogP contribution in [0.2, 0.25) is 0 Å². The van der Waals surface area contributed by atoms with Crippen molar-refractivity contribution in [3.8, 4) is 5.75 Å². The molecule has 2 N–H and O–H groups in total. The van der Waals surface area contributed by atoms with Crippen LogP contribution in [-0.2, 0) is 0 Å². The summed E-state index contributed by atoms with van der Waals surface area (Å²) in [6.45, 7) is 6.51. The van der Waals surface area contributed by atoms with Crippen molar-refractivity contribution in [1.29, 1.82) is 0 Å². The predicted molar refractivity (Wildman–Crippen MR) is 91.9 cm³/mol. The maximum atomic E-state index is 5.79. The van der Waals surface area contributed by atoms with Gasteiger partial charge in [-0.25, -0.2) is 0 Å². The van der Waals surface area contributed by atoms with Crippen LogP contribution in [0.15, 0.2) is 24.3 Å². The zero-order valence-corrected chi connectivity index (χ0v) is 13.9. The van der Waals surface area contributed by atoms with E-state index in [-0.39, 0.29) is 0 Å². The molecule has 1 heterocycles. The normalized spacial score (nSPS) is 22.4. The van der Waals surface area contributed by atoms with Crippen molar-refractivity contribution in [2.24, 2.45) is 5.73 Å². The van der Waals surface area contributed by atoms with Gasteiger partial charge in [0.15, 0.2) is 0 Å². The smallest absolute Gasteiger partial charge is 0.119 e. The van der Waals surface area contributed by atoms with Crippen molar-refractivity contribution in [3.05, 3.63) is 29.8 Å². The molecule has 4 heteroatoms. The van der Waals surface area contributed by atoms with Crippen LogP contribution < -0.4 is 10.5 Å². The van der Waals surface area contributed by atoms with Gasteiger partial charge in [-0.3, -0.25) is 4.90 Å². The summed E-state index contributed by atoms with van der Waals surface area (Å²) in [6, 6.07) is 9.18. The van der Waals surface area contributed by atoms with E-state index in [1.54, 1.807) is 0 Å². The van der Waals surface area contributed by atoms with E-state index in [0.717, 1.165) is 43.0 Å². The Morgan fingerprint density at radius 2 is 2.05 bits per heavy atom. The lowest BCUT2D eigenvalue weighted by molar-refractivity contribution is 0.179. The lowest BCUT2D eigenvalue weighted by atomic mass is 10.1. The second-order valence-electron chi connectivity index (χ2n) is 5.82. The number of thiocarbonyl (C=S) groups is 1. The van der Waals surface area contributed by atoms with E-state index in [4.69, 9.17) is 22.7 Å². The van der Waals surface area contributed by atoms with E-state index in [9.17, 15) is 0 Å². The fourth-order valence-electron chi connectivity index (χ4n) is 3.12. The first-order valence-corrected chi connectivity index (χ1v) is 8.31. The molecule has 1 aromatic rings. The third-order valence-corrected chi connectivity index (χ3v) is 4.63. The third-order valence-electron chi connectivity index (χ3n) is 4.39. The largest absolute Gasteiger partial charge is 0.494 e. The summed E-state index contributed by atoms with van der Waals surface area (Å²) in [5.41, 5.74) is 6.46. The van der Waals surface area contributed by atoms with Crippen LogP contribution in [0, 0.1) is 0 Å². The summed E-state index contributed by atoms with van der Waals surface area (Å²) >= 11 is 4.94. The molecule has 0 aromatic heterocycles. The fourth-order valence-corrected chi connectivity index (χ4v) is 3.26. The molecule has 0 aliphatic carbocycles. The zero-order valence-electron chi connectivity index (χ0n) is 13.0. The summed E-state index contributed by atoms with van der Waals surface area (Å²) in [4.78, 5) is 3.06. The number of hydrogen-bond acceptors (Lipinski definition) is 3. The number of hydrogen-bond donors (Lipinski definition) is 1. The second kappa shape index (κ2) is 7.76. The molecule has 0 saturated carbocycles. The van der Waals surface area contributed by atoms with E-state index in [1.807, 2.05) is 24.3 Å². The number of ether oxygens (including phenoxy) is 1. The molecule has 2 unspecified atom stereocenters. The van der Waals surface area contributed by atoms with Crippen LogP contribution in [0.4, 0.5) is 0 Å². The molecule has 1 fully saturated rings. The number of nitrogens with zero attached hydrogens (tertiary/aromatic N) is 1. The molecule has 116 valence electrons. The summed E-state index contributed by atoms with van der Waals surface area (Å²) in [5.74, 6) is 0.886. The lowest BCUT2D eigenvalue weighted by Gasteiger charge is -2.27. The predicted octanol–water partition coefficient (Wildman–Crippen LogP) is 3.35. The Kier molecular flexibility index (Phi) is 6.00. The SMILES string of the molecule is CCC1CCC(C)N1CCCOc1ccc(C(N)=S)cc1. The molecule has 1 aliphatic heterocycles. The molecular formula is C17H26N2OS. The molecular weight excluding hydrogens is 280 g/mol. The standard InChI is InChI=1S/C17H26N2OS/c1-3-15-8-5-13(2)19(15)11-4-12-20-16-9-6-14(7-10-16)17(18)21/h6-7,9-10,13,15H,3-5,8,11-12H2,1-2H3,(H2,18,21). The van der Waals surface area contributed by atoms with Gasteiger partial charge in [0.1, 0.15) is 10.7 Å². The van der Waals surface area contributed by atoms with E-state index in [1.165, 1.54) is 19.3 Å². The molecule has 1 aliphatic rings. The van der Waals surface area contributed by atoms with Crippen LogP contribution in [0.1, 0.15) is 45.1 Å². The number of rotatable bonds is 7. The molecule has 21 heavy (non-hydrogen) atoms. The van der Waals surface area contributed by atoms with Crippen LogP contribution in [-0.4, -0.2) is 35.1 Å². The maximum absolute atomic E-state index is 5.79. The molecule has 1 saturated heterocycles. The van der Waals surface area contributed by atoms with Gasteiger partial charge < -0.3 is 10.5 Å². The van der Waals surface area contributed by atoms with Crippen LogP contribution in [0.5, 0.6) is 5.75 Å². The molecule has 2 rings (SSSR count). The van der Waals surface area contributed by atoms with Crippen molar-refractivity contribution in [1.82, 2.24) is 4.90 Å². The molecule has 0 amide bonds. The minimum atomic E-state index is 0.426. The van der Waals surface area contributed by atoms with Crippen molar-refractivity contribution in [2.45, 2.75) is 51.6 Å². The van der Waals surface area contributed by atoms with Crippen LogP contribution in [0.3, 0.4) is 0 Å². The minimum absolute atomic E-state index is 0.426. The Hall–Kier alpha value is -1.13. The van der Waals surface area contributed by atoms with Crippen LogP contribution >= 0.6 is 12.2 Å². The quantitative estimate of drug-likeness (QED) is 0.619. The van der Waals surface area contributed by atoms with Crippen molar-refractivity contribution in [2.75, 3.05) is 13.2 Å². The van der Waals surface area contributed by atoms with Gasteiger partial charge in [-0.15, -0.1) is 0 Å². The second-order valence-corrected chi connectivity index (χ2v) is 6.26. The highest BCUT2D eigenvalue weighted by Gasteiger charge is 2.28. The fraction of sp³-hybridized carbons (Fsp3) is 0.588. The van der Waals surface area contributed by atoms with E-state index in [0.29, 0.717) is 4.99 Å². The van der Waals surface area contributed by atoms with Gasteiger partial charge in [0, 0.05) is 24.2 Å². The van der Waals surface area contributed by atoms with E-state index in [2.05, 4.69) is 18.7 Å². The molecule has 0 bridgehead atoms. The summed E-state index contributed by atoms with van der Waals surface area (Å²) in [7, 11) is 0. The maximum Gasteiger partial charge on any atom is 0.119 e. The molecule has 0 spiro atoms. The first-order chi connectivity index (χ1) is 10.1. The van der Waals surface area contributed by atoms with Crippen molar-refractivity contribution < 1.29 is 4.74 Å². The van der Waals surface area contributed by atoms with Gasteiger partial charge in [0.05, 0.1) is 6.61 Å².